The van der Waals surface area contributed by atoms with E-state index in [-0.39, 0.29) is 11.8 Å². The third-order valence-electron chi connectivity index (χ3n) is 2.96. The Kier molecular flexibility index (Phi) is 4.79. The van der Waals surface area contributed by atoms with Crippen molar-refractivity contribution in [1.29, 1.82) is 0 Å². The smallest absolute Gasteiger partial charge is 0.306 e. The normalized spacial score (nSPS) is 24.9. The van der Waals surface area contributed by atoms with Crippen molar-refractivity contribution in [3.63, 3.8) is 0 Å². The van der Waals surface area contributed by atoms with Gasteiger partial charge in [0.2, 0.25) is 0 Å². The third kappa shape index (κ3) is 3.52. The fourth-order valence-electron chi connectivity index (χ4n) is 2.01. The predicted octanol–water partition coefficient (Wildman–Crippen LogP) is 2.88. The first-order chi connectivity index (χ1) is 6.61. The molecule has 2 unspecified atom stereocenters. The van der Waals surface area contributed by atoms with Crippen LogP contribution in [0.4, 0.5) is 0 Å². The van der Waals surface area contributed by atoms with E-state index in [9.17, 15) is 4.79 Å². The maximum atomic E-state index is 11.0. The second-order valence-corrected chi connectivity index (χ2v) is 5.66. The van der Waals surface area contributed by atoms with Crippen molar-refractivity contribution in [2.45, 2.75) is 33.1 Å². The van der Waals surface area contributed by atoms with Gasteiger partial charge in [-0.3, -0.25) is 4.79 Å². The molecular weight excluding hydrogens is 196 g/mol. The first kappa shape index (κ1) is 11.9. The van der Waals surface area contributed by atoms with Crippen molar-refractivity contribution in [3.05, 3.63) is 0 Å². The highest BCUT2D eigenvalue weighted by Crippen LogP contribution is 2.30. The number of carboxylic acids is 1. The average Bonchev–Trinajstić information content (AvgIpc) is 2.15. The number of carboxylic acid groups (broad SMARTS) is 1. The van der Waals surface area contributed by atoms with Crippen LogP contribution in [0.15, 0.2) is 0 Å². The van der Waals surface area contributed by atoms with Gasteiger partial charge in [0.15, 0.2) is 0 Å². The van der Waals surface area contributed by atoms with Gasteiger partial charge in [-0.1, -0.05) is 13.8 Å². The van der Waals surface area contributed by atoms with E-state index < -0.39 is 5.97 Å². The Hall–Kier alpha value is -0.180. The summed E-state index contributed by atoms with van der Waals surface area (Å²) in [6.45, 7) is 4.02. The summed E-state index contributed by atoms with van der Waals surface area (Å²) in [6, 6.07) is 0. The SMILES string of the molecule is CC(C)C(CC1CCCSC1)C(=O)O. The van der Waals surface area contributed by atoms with E-state index in [1.165, 1.54) is 18.6 Å². The van der Waals surface area contributed by atoms with E-state index in [0.29, 0.717) is 5.92 Å². The van der Waals surface area contributed by atoms with Gasteiger partial charge in [0, 0.05) is 0 Å². The topological polar surface area (TPSA) is 37.3 Å². The lowest BCUT2D eigenvalue weighted by Crippen LogP contribution is -2.25. The highest BCUT2D eigenvalue weighted by Gasteiger charge is 2.26. The summed E-state index contributed by atoms with van der Waals surface area (Å²) in [4.78, 5) is 11.0. The number of aliphatic carboxylic acids is 1. The Bertz CT molecular complexity index is 186. The van der Waals surface area contributed by atoms with E-state index >= 15 is 0 Å². The molecule has 82 valence electrons. The number of hydrogen-bond acceptors (Lipinski definition) is 2. The molecule has 1 fully saturated rings. The molecule has 1 saturated heterocycles. The number of hydrogen-bond donors (Lipinski definition) is 1. The summed E-state index contributed by atoms with van der Waals surface area (Å²) < 4.78 is 0. The van der Waals surface area contributed by atoms with Crippen molar-refractivity contribution in [3.8, 4) is 0 Å². The van der Waals surface area contributed by atoms with Gasteiger partial charge in [0.05, 0.1) is 5.92 Å². The van der Waals surface area contributed by atoms with Crippen LogP contribution >= 0.6 is 11.8 Å². The Balaban J connectivity index is 2.41. The summed E-state index contributed by atoms with van der Waals surface area (Å²) in [6.07, 6.45) is 3.36. The van der Waals surface area contributed by atoms with E-state index in [0.717, 1.165) is 12.2 Å². The van der Waals surface area contributed by atoms with Gasteiger partial charge >= 0.3 is 5.97 Å². The van der Waals surface area contributed by atoms with Crippen LogP contribution in [0.5, 0.6) is 0 Å². The summed E-state index contributed by atoms with van der Waals surface area (Å²) in [5, 5.41) is 9.07. The van der Waals surface area contributed by atoms with Crippen LogP contribution in [-0.4, -0.2) is 22.6 Å². The molecule has 1 heterocycles. The molecule has 0 radical (unpaired) electrons. The van der Waals surface area contributed by atoms with Crippen LogP contribution in [0.3, 0.4) is 0 Å². The van der Waals surface area contributed by atoms with Gasteiger partial charge in [0.25, 0.3) is 0 Å². The maximum absolute atomic E-state index is 11.0. The molecule has 1 rings (SSSR count). The van der Waals surface area contributed by atoms with Gasteiger partial charge in [-0.05, 0) is 42.6 Å². The van der Waals surface area contributed by atoms with Crippen LogP contribution in [-0.2, 0) is 4.79 Å². The van der Waals surface area contributed by atoms with E-state index in [1.54, 1.807) is 0 Å². The zero-order chi connectivity index (χ0) is 10.6. The largest absolute Gasteiger partial charge is 0.481 e. The molecular formula is C11H20O2S. The number of thioether (sulfide) groups is 1. The first-order valence-electron chi connectivity index (χ1n) is 5.41. The Morgan fingerprint density at radius 2 is 2.29 bits per heavy atom. The minimum atomic E-state index is -0.615. The standard InChI is InChI=1S/C11H20O2S/c1-8(2)10(11(12)13)6-9-4-3-5-14-7-9/h8-10H,3-7H2,1-2H3,(H,12,13). The Labute approximate surface area is 90.5 Å². The molecule has 0 aromatic rings. The van der Waals surface area contributed by atoms with Gasteiger partial charge < -0.3 is 5.11 Å². The average molecular weight is 216 g/mol. The molecule has 0 aromatic carbocycles. The highest BCUT2D eigenvalue weighted by atomic mass is 32.2. The molecule has 2 atom stereocenters. The number of rotatable bonds is 4. The minimum absolute atomic E-state index is 0.140. The molecule has 0 bridgehead atoms. The maximum Gasteiger partial charge on any atom is 0.306 e. The Morgan fingerprint density at radius 1 is 1.57 bits per heavy atom. The molecule has 3 heteroatoms. The second-order valence-electron chi connectivity index (χ2n) is 4.51. The summed E-state index contributed by atoms with van der Waals surface area (Å²) in [7, 11) is 0. The van der Waals surface area contributed by atoms with Crippen LogP contribution in [0, 0.1) is 17.8 Å². The quantitative estimate of drug-likeness (QED) is 0.785. The monoisotopic (exact) mass is 216 g/mol. The summed E-state index contributed by atoms with van der Waals surface area (Å²) in [5.74, 6) is 2.57. The lowest BCUT2D eigenvalue weighted by Gasteiger charge is -2.25. The zero-order valence-corrected chi connectivity index (χ0v) is 9.85. The van der Waals surface area contributed by atoms with E-state index in [2.05, 4.69) is 0 Å². The molecule has 0 amide bonds. The fourth-order valence-corrected chi connectivity index (χ4v) is 3.18. The Morgan fingerprint density at radius 3 is 2.71 bits per heavy atom. The first-order valence-corrected chi connectivity index (χ1v) is 6.57. The van der Waals surface area contributed by atoms with Crippen LogP contribution in [0.25, 0.3) is 0 Å². The predicted molar refractivity (Wildman–Crippen MR) is 60.6 cm³/mol. The summed E-state index contributed by atoms with van der Waals surface area (Å²) in [5.41, 5.74) is 0. The molecule has 14 heavy (non-hydrogen) atoms. The van der Waals surface area contributed by atoms with Crippen LogP contribution < -0.4 is 0 Å². The van der Waals surface area contributed by atoms with Gasteiger partial charge in [0.1, 0.15) is 0 Å². The van der Waals surface area contributed by atoms with Crippen molar-refractivity contribution in [1.82, 2.24) is 0 Å². The van der Waals surface area contributed by atoms with Crippen LogP contribution in [0.1, 0.15) is 33.1 Å². The van der Waals surface area contributed by atoms with E-state index in [4.69, 9.17) is 5.11 Å². The van der Waals surface area contributed by atoms with Gasteiger partial charge in [-0.15, -0.1) is 0 Å². The molecule has 0 aromatic heterocycles. The minimum Gasteiger partial charge on any atom is -0.481 e. The molecule has 0 aliphatic carbocycles. The molecule has 1 N–H and O–H groups in total. The molecule has 1 aliphatic heterocycles. The fraction of sp³-hybridized carbons (Fsp3) is 0.909. The van der Waals surface area contributed by atoms with Crippen molar-refractivity contribution in [2.24, 2.45) is 17.8 Å². The highest BCUT2D eigenvalue weighted by molar-refractivity contribution is 7.99. The lowest BCUT2D eigenvalue weighted by molar-refractivity contribution is -0.143. The van der Waals surface area contributed by atoms with Crippen LogP contribution in [0.2, 0.25) is 0 Å². The molecule has 0 spiro atoms. The molecule has 2 nitrogen and oxygen atoms in total. The third-order valence-corrected chi connectivity index (χ3v) is 4.25. The molecule has 1 aliphatic rings. The van der Waals surface area contributed by atoms with Gasteiger partial charge in [-0.25, -0.2) is 0 Å². The second kappa shape index (κ2) is 5.64. The van der Waals surface area contributed by atoms with Gasteiger partial charge in [-0.2, -0.15) is 11.8 Å². The number of carbonyl (C=O) groups is 1. The lowest BCUT2D eigenvalue weighted by atomic mass is 9.85. The van der Waals surface area contributed by atoms with Crippen molar-refractivity contribution < 1.29 is 9.90 Å². The van der Waals surface area contributed by atoms with Crippen molar-refractivity contribution >= 4 is 17.7 Å². The summed E-state index contributed by atoms with van der Waals surface area (Å²) >= 11 is 1.98. The molecule has 0 saturated carbocycles. The van der Waals surface area contributed by atoms with Crippen molar-refractivity contribution in [2.75, 3.05) is 11.5 Å². The van der Waals surface area contributed by atoms with E-state index in [1.807, 2.05) is 25.6 Å². The zero-order valence-electron chi connectivity index (χ0n) is 9.03.